The molecule has 0 spiro atoms. The van der Waals surface area contributed by atoms with Gasteiger partial charge in [0.05, 0.1) is 11.5 Å². The summed E-state index contributed by atoms with van der Waals surface area (Å²) in [5.74, 6) is 0.941. The molecule has 7 heteroatoms. The summed E-state index contributed by atoms with van der Waals surface area (Å²) in [5.41, 5.74) is -0.0715. The Labute approximate surface area is 129 Å². The van der Waals surface area contributed by atoms with Gasteiger partial charge in [-0.3, -0.25) is 10.1 Å². The van der Waals surface area contributed by atoms with Crippen molar-refractivity contribution in [3.8, 4) is 5.75 Å². The molecule has 1 aromatic carbocycles. The lowest BCUT2D eigenvalue weighted by molar-refractivity contribution is -0.385. The van der Waals surface area contributed by atoms with E-state index in [1.54, 1.807) is 12.1 Å². The third-order valence-corrected chi connectivity index (χ3v) is 3.60. The molecule has 0 aromatic heterocycles. The van der Waals surface area contributed by atoms with Crippen LogP contribution < -0.4 is 10.1 Å². The van der Waals surface area contributed by atoms with Crippen molar-refractivity contribution >= 4 is 29.7 Å². The number of hydrogen-bond acceptors (Lipinski definition) is 4. The second-order valence-corrected chi connectivity index (χ2v) is 5.14. The molecule has 1 aliphatic rings. The minimum Gasteiger partial charge on any atom is -0.487 e. The van der Waals surface area contributed by atoms with Crippen molar-refractivity contribution < 1.29 is 9.66 Å². The van der Waals surface area contributed by atoms with Crippen LogP contribution in [0, 0.1) is 16.0 Å². The Bertz CT molecular complexity index is 451. The highest BCUT2D eigenvalue weighted by Crippen LogP contribution is 2.30. The van der Waals surface area contributed by atoms with Crippen LogP contribution in [0.4, 0.5) is 5.69 Å². The molecule has 1 N–H and O–H groups in total. The van der Waals surface area contributed by atoms with Crippen LogP contribution in [-0.4, -0.2) is 24.6 Å². The van der Waals surface area contributed by atoms with E-state index in [0.29, 0.717) is 23.3 Å². The lowest BCUT2D eigenvalue weighted by Crippen LogP contribution is -2.28. The summed E-state index contributed by atoms with van der Waals surface area (Å²) in [6.45, 7) is 2.60. The van der Waals surface area contributed by atoms with Gasteiger partial charge >= 0.3 is 5.69 Å². The molecule has 0 aliphatic carbocycles. The van der Waals surface area contributed by atoms with E-state index in [9.17, 15) is 10.1 Å². The maximum Gasteiger partial charge on any atom is 0.312 e. The summed E-state index contributed by atoms with van der Waals surface area (Å²) in [4.78, 5) is 10.4. The van der Waals surface area contributed by atoms with Crippen LogP contribution in [0.5, 0.6) is 5.75 Å². The molecule has 0 unspecified atom stereocenters. The topological polar surface area (TPSA) is 64.4 Å². The summed E-state index contributed by atoms with van der Waals surface area (Å²) in [6.07, 6.45) is 3.22. The fourth-order valence-electron chi connectivity index (χ4n) is 2.26. The first-order valence-corrected chi connectivity index (χ1v) is 6.82. The number of nitrogens with zero attached hydrogens (tertiary/aromatic N) is 1. The first kappa shape index (κ1) is 17.0. The molecule has 1 aliphatic heterocycles. The number of nitro groups is 1. The maximum atomic E-state index is 10.9. The van der Waals surface area contributed by atoms with Gasteiger partial charge in [-0.1, -0.05) is 11.6 Å². The Kier molecular flexibility index (Phi) is 7.05. The van der Waals surface area contributed by atoms with Crippen molar-refractivity contribution in [3.63, 3.8) is 0 Å². The minimum atomic E-state index is -0.467. The van der Waals surface area contributed by atoms with E-state index in [1.165, 1.54) is 6.07 Å². The monoisotopic (exact) mass is 320 g/mol. The normalized spacial score (nSPS) is 15.4. The third-order valence-electron chi connectivity index (χ3n) is 3.36. The van der Waals surface area contributed by atoms with Crippen molar-refractivity contribution in [1.82, 2.24) is 5.32 Å². The lowest BCUT2D eigenvalue weighted by atomic mass is 9.95. The average Bonchev–Trinajstić information content (AvgIpc) is 2.41. The molecule has 112 valence electrons. The molecule has 1 aromatic rings. The van der Waals surface area contributed by atoms with Crippen LogP contribution in [0.2, 0.25) is 5.02 Å². The summed E-state index contributed by atoms with van der Waals surface area (Å²) >= 11 is 5.75. The largest absolute Gasteiger partial charge is 0.487 e. The van der Waals surface area contributed by atoms with E-state index in [-0.39, 0.29) is 18.1 Å². The smallest absolute Gasteiger partial charge is 0.312 e. The van der Waals surface area contributed by atoms with Crippen LogP contribution in [0.15, 0.2) is 18.2 Å². The summed E-state index contributed by atoms with van der Waals surface area (Å²) in [7, 11) is 0. The minimum absolute atomic E-state index is 0. The quantitative estimate of drug-likeness (QED) is 0.666. The SMILES string of the molecule is Cl.O=[N+]([O-])c1cc(Cl)ccc1OCCC1CCNCC1. The number of benzene rings is 1. The third kappa shape index (κ3) is 4.81. The fourth-order valence-corrected chi connectivity index (χ4v) is 2.43. The van der Waals surface area contributed by atoms with Crippen LogP contribution in [0.25, 0.3) is 0 Å². The number of halogens is 2. The Hall–Kier alpha value is -1.04. The molecule has 0 amide bonds. The van der Waals surface area contributed by atoms with E-state index in [1.807, 2.05) is 0 Å². The molecule has 0 radical (unpaired) electrons. The predicted octanol–water partition coefficient (Wildman–Crippen LogP) is 3.44. The van der Waals surface area contributed by atoms with E-state index < -0.39 is 4.92 Å². The Balaban J connectivity index is 0.00000200. The van der Waals surface area contributed by atoms with Crippen molar-refractivity contribution in [1.29, 1.82) is 0 Å². The van der Waals surface area contributed by atoms with Crippen molar-refractivity contribution in [2.45, 2.75) is 19.3 Å². The van der Waals surface area contributed by atoms with Gasteiger partial charge in [0.15, 0.2) is 5.75 Å². The Morgan fingerprint density at radius 2 is 2.10 bits per heavy atom. The Morgan fingerprint density at radius 1 is 1.40 bits per heavy atom. The Morgan fingerprint density at radius 3 is 2.75 bits per heavy atom. The zero-order valence-electron chi connectivity index (χ0n) is 11.0. The number of nitrogens with one attached hydrogen (secondary N) is 1. The van der Waals surface area contributed by atoms with Crippen LogP contribution in [0.3, 0.4) is 0 Å². The summed E-state index contributed by atoms with van der Waals surface area (Å²) < 4.78 is 5.54. The molecular weight excluding hydrogens is 303 g/mol. The fraction of sp³-hybridized carbons (Fsp3) is 0.538. The van der Waals surface area contributed by atoms with Crippen LogP contribution >= 0.6 is 24.0 Å². The van der Waals surface area contributed by atoms with Crippen molar-refractivity contribution in [3.05, 3.63) is 33.3 Å². The van der Waals surface area contributed by atoms with Crippen molar-refractivity contribution in [2.24, 2.45) is 5.92 Å². The molecule has 0 bridgehead atoms. The predicted molar refractivity (Wildman–Crippen MR) is 81.1 cm³/mol. The van der Waals surface area contributed by atoms with Gasteiger partial charge in [-0.05, 0) is 50.4 Å². The molecule has 1 saturated heterocycles. The molecule has 1 heterocycles. The highest BCUT2D eigenvalue weighted by Gasteiger charge is 2.17. The first-order valence-electron chi connectivity index (χ1n) is 6.44. The van der Waals surface area contributed by atoms with Gasteiger partial charge in [0.1, 0.15) is 0 Å². The molecule has 0 atom stereocenters. The second-order valence-electron chi connectivity index (χ2n) is 4.70. The number of piperidine rings is 1. The highest BCUT2D eigenvalue weighted by molar-refractivity contribution is 6.30. The first-order chi connectivity index (χ1) is 9.16. The van der Waals surface area contributed by atoms with E-state index in [4.69, 9.17) is 16.3 Å². The summed E-state index contributed by atoms with van der Waals surface area (Å²) in [6, 6.07) is 4.48. The van der Waals surface area contributed by atoms with Gasteiger partial charge in [-0.25, -0.2) is 0 Å². The number of nitro benzene ring substituents is 1. The van der Waals surface area contributed by atoms with Gasteiger partial charge in [0.25, 0.3) is 0 Å². The van der Waals surface area contributed by atoms with Crippen LogP contribution in [0.1, 0.15) is 19.3 Å². The lowest BCUT2D eigenvalue weighted by Gasteiger charge is -2.22. The van der Waals surface area contributed by atoms with Crippen LogP contribution in [-0.2, 0) is 0 Å². The number of hydrogen-bond donors (Lipinski definition) is 1. The summed E-state index contributed by atoms with van der Waals surface area (Å²) in [5, 5.41) is 14.6. The maximum absolute atomic E-state index is 10.9. The molecule has 2 rings (SSSR count). The standard InChI is InChI=1S/C13H17ClN2O3.ClH/c14-11-1-2-13(12(9-11)16(17)18)19-8-5-10-3-6-15-7-4-10;/h1-2,9-10,15H,3-8H2;1H. The molecule has 20 heavy (non-hydrogen) atoms. The van der Waals surface area contributed by atoms with E-state index in [2.05, 4.69) is 5.32 Å². The molecular formula is C13H18Cl2N2O3. The van der Waals surface area contributed by atoms with Gasteiger partial charge < -0.3 is 10.1 Å². The van der Waals surface area contributed by atoms with E-state index >= 15 is 0 Å². The van der Waals surface area contributed by atoms with Gasteiger partial charge in [-0.15, -0.1) is 12.4 Å². The van der Waals surface area contributed by atoms with Gasteiger partial charge in [-0.2, -0.15) is 0 Å². The average molecular weight is 321 g/mol. The molecule has 1 fully saturated rings. The van der Waals surface area contributed by atoms with Crippen molar-refractivity contribution in [2.75, 3.05) is 19.7 Å². The zero-order chi connectivity index (χ0) is 13.7. The van der Waals surface area contributed by atoms with Gasteiger partial charge in [0.2, 0.25) is 0 Å². The zero-order valence-corrected chi connectivity index (χ0v) is 12.6. The highest BCUT2D eigenvalue weighted by atomic mass is 35.5. The molecule has 0 saturated carbocycles. The van der Waals surface area contributed by atoms with Gasteiger partial charge in [0, 0.05) is 11.1 Å². The number of rotatable bonds is 5. The van der Waals surface area contributed by atoms with E-state index in [0.717, 1.165) is 32.4 Å². The number of ether oxygens (including phenoxy) is 1. The second kappa shape index (κ2) is 8.29. The molecule has 5 nitrogen and oxygen atoms in total.